The molecule has 0 aliphatic carbocycles. The maximum Gasteiger partial charge on any atom is 0.223 e. The quantitative estimate of drug-likeness (QED) is 0.748. The first-order valence-corrected chi connectivity index (χ1v) is 8.69. The lowest BCUT2D eigenvalue weighted by Gasteiger charge is -2.14. The number of rotatable bonds is 9. The monoisotopic (exact) mass is 357 g/mol. The number of ether oxygens (including phenoxy) is 3. The minimum absolute atomic E-state index is 0.0441. The van der Waals surface area contributed by atoms with E-state index in [1.165, 1.54) is 0 Å². The van der Waals surface area contributed by atoms with E-state index in [1.54, 1.807) is 21.3 Å². The van der Waals surface area contributed by atoms with Gasteiger partial charge in [-0.2, -0.15) is 0 Å². The molecule has 0 fully saturated rings. The van der Waals surface area contributed by atoms with Gasteiger partial charge in [0.05, 0.1) is 21.3 Å². The number of hydrogen-bond acceptors (Lipinski definition) is 4. The van der Waals surface area contributed by atoms with Crippen LogP contribution in [0.15, 0.2) is 42.5 Å². The van der Waals surface area contributed by atoms with Crippen LogP contribution in [0.3, 0.4) is 0 Å². The normalized spacial score (nSPS) is 11.5. The van der Waals surface area contributed by atoms with Gasteiger partial charge in [0.25, 0.3) is 0 Å². The Bertz CT molecular complexity index is 730. The molecule has 0 aliphatic rings. The van der Waals surface area contributed by atoms with E-state index in [2.05, 4.69) is 5.32 Å². The first kappa shape index (κ1) is 19.6. The molecular weight excluding hydrogens is 330 g/mol. The number of carbonyl (C=O) groups is 1. The molecule has 2 aromatic rings. The molecule has 140 valence electrons. The summed E-state index contributed by atoms with van der Waals surface area (Å²) in [6, 6.07) is 13.6. The van der Waals surface area contributed by atoms with E-state index in [0.717, 1.165) is 23.3 Å². The van der Waals surface area contributed by atoms with Gasteiger partial charge in [0.1, 0.15) is 5.75 Å². The molecule has 5 heteroatoms. The van der Waals surface area contributed by atoms with E-state index in [0.29, 0.717) is 24.5 Å². The number of carbonyl (C=O) groups excluding carboxylic acids is 1. The fourth-order valence-electron chi connectivity index (χ4n) is 2.79. The maximum absolute atomic E-state index is 12.3. The summed E-state index contributed by atoms with van der Waals surface area (Å²) in [6.07, 6.45) is 1.41. The Balaban J connectivity index is 1.85. The molecule has 1 unspecified atom stereocenters. The highest BCUT2D eigenvalue weighted by Gasteiger charge is 2.14. The second-order valence-electron chi connectivity index (χ2n) is 6.19. The van der Waals surface area contributed by atoms with Crippen LogP contribution in [0.5, 0.6) is 17.2 Å². The molecule has 0 heterocycles. The molecule has 0 saturated carbocycles. The van der Waals surface area contributed by atoms with Gasteiger partial charge in [-0.15, -0.1) is 0 Å². The molecule has 1 N–H and O–H groups in total. The largest absolute Gasteiger partial charge is 0.497 e. The Labute approximate surface area is 155 Å². The number of nitrogens with one attached hydrogen (secondary N) is 1. The standard InChI is InChI=1S/C21H27NO4/c1-15(12-17-8-9-19(25-3)20(14-17)26-4)21(23)22-11-10-16-6-5-7-18(13-16)24-2/h5-9,13-15H,10-12H2,1-4H3,(H,22,23). The molecule has 2 rings (SSSR count). The van der Waals surface area contributed by atoms with Gasteiger partial charge < -0.3 is 19.5 Å². The average molecular weight is 357 g/mol. The van der Waals surface area contributed by atoms with Gasteiger partial charge in [-0.25, -0.2) is 0 Å². The second kappa shape index (κ2) is 9.70. The van der Waals surface area contributed by atoms with E-state index < -0.39 is 0 Å². The zero-order valence-electron chi connectivity index (χ0n) is 15.9. The molecule has 2 aromatic carbocycles. The van der Waals surface area contributed by atoms with Gasteiger partial charge in [-0.1, -0.05) is 25.1 Å². The zero-order valence-corrected chi connectivity index (χ0v) is 15.9. The predicted molar refractivity (Wildman–Crippen MR) is 102 cm³/mol. The van der Waals surface area contributed by atoms with Crippen molar-refractivity contribution in [3.05, 3.63) is 53.6 Å². The van der Waals surface area contributed by atoms with Crippen LogP contribution in [-0.2, 0) is 17.6 Å². The SMILES string of the molecule is COc1cccc(CCNC(=O)C(C)Cc2ccc(OC)c(OC)c2)c1. The third kappa shape index (κ3) is 5.41. The van der Waals surface area contributed by atoms with Crippen LogP contribution in [0.4, 0.5) is 0 Å². The van der Waals surface area contributed by atoms with Crippen LogP contribution in [0.2, 0.25) is 0 Å². The second-order valence-corrected chi connectivity index (χ2v) is 6.19. The van der Waals surface area contributed by atoms with Crippen LogP contribution >= 0.6 is 0 Å². The number of amides is 1. The van der Waals surface area contributed by atoms with E-state index in [-0.39, 0.29) is 11.8 Å². The highest BCUT2D eigenvalue weighted by Crippen LogP contribution is 2.28. The minimum atomic E-state index is -0.126. The summed E-state index contributed by atoms with van der Waals surface area (Å²) in [5.74, 6) is 2.11. The molecule has 1 amide bonds. The summed E-state index contributed by atoms with van der Waals surface area (Å²) in [6.45, 7) is 2.53. The highest BCUT2D eigenvalue weighted by atomic mass is 16.5. The molecule has 26 heavy (non-hydrogen) atoms. The van der Waals surface area contributed by atoms with Crippen LogP contribution in [0.1, 0.15) is 18.1 Å². The van der Waals surface area contributed by atoms with Crippen molar-refractivity contribution in [1.82, 2.24) is 5.32 Å². The summed E-state index contributed by atoms with van der Waals surface area (Å²) >= 11 is 0. The third-order valence-corrected chi connectivity index (χ3v) is 4.28. The molecule has 0 saturated heterocycles. The summed E-state index contributed by atoms with van der Waals surface area (Å²) in [5, 5.41) is 3.00. The summed E-state index contributed by atoms with van der Waals surface area (Å²) in [5.41, 5.74) is 2.18. The number of benzene rings is 2. The van der Waals surface area contributed by atoms with Crippen molar-refractivity contribution < 1.29 is 19.0 Å². The molecule has 0 bridgehead atoms. The van der Waals surface area contributed by atoms with Gasteiger partial charge in [-0.3, -0.25) is 4.79 Å². The Hall–Kier alpha value is -2.69. The van der Waals surface area contributed by atoms with Crippen molar-refractivity contribution in [1.29, 1.82) is 0 Å². The Morgan fingerprint density at radius 2 is 1.73 bits per heavy atom. The van der Waals surface area contributed by atoms with Crippen LogP contribution in [0.25, 0.3) is 0 Å². The van der Waals surface area contributed by atoms with Crippen molar-refractivity contribution in [2.24, 2.45) is 5.92 Å². The van der Waals surface area contributed by atoms with Crippen LogP contribution < -0.4 is 19.5 Å². The molecule has 0 aromatic heterocycles. The first-order valence-electron chi connectivity index (χ1n) is 8.69. The summed E-state index contributed by atoms with van der Waals surface area (Å²) in [7, 11) is 4.86. The van der Waals surface area contributed by atoms with Gasteiger partial charge in [0, 0.05) is 12.5 Å². The van der Waals surface area contributed by atoms with Crippen molar-refractivity contribution in [2.45, 2.75) is 19.8 Å². The van der Waals surface area contributed by atoms with Crippen LogP contribution in [-0.4, -0.2) is 33.8 Å². The van der Waals surface area contributed by atoms with Crippen LogP contribution in [0, 0.1) is 5.92 Å². The lowest BCUT2D eigenvalue weighted by atomic mass is 10.00. The van der Waals surface area contributed by atoms with Crippen molar-refractivity contribution in [3.8, 4) is 17.2 Å². The fourth-order valence-corrected chi connectivity index (χ4v) is 2.79. The zero-order chi connectivity index (χ0) is 18.9. The third-order valence-electron chi connectivity index (χ3n) is 4.28. The molecular formula is C21H27NO4. The van der Waals surface area contributed by atoms with Crippen molar-refractivity contribution >= 4 is 5.91 Å². The Morgan fingerprint density at radius 1 is 0.962 bits per heavy atom. The van der Waals surface area contributed by atoms with Gasteiger partial charge in [0.15, 0.2) is 11.5 Å². The minimum Gasteiger partial charge on any atom is -0.497 e. The molecule has 0 spiro atoms. The van der Waals surface area contributed by atoms with Crippen molar-refractivity contribution in [2.75, 3.05) is 27.9 Å². The molecule has 1 atom stereocenters. The van der Waals surface area contributed by atoms with Gasteiger partial charge >= 0.3 is 0 Å². The molecule has 0 aliphatic heterocycles. The smallest absolute Gasteiger partial charge is 0.223 e. The average Bonchev–Trinajstić information content (AvgIpc) is 2.67. The lowest BCUT2D eigenvalue weighted by molar-refractivity contribution is -0.124. The Morgan fingerprint density at radius 3 is 2.42 bits per heavy atom. The first-order chi connectivity index (χ1) is 12.6. The Kier molecular flexibility index (Phi) is 7.33. The molecule has 0 radical (unpaired) electrons. The van der Waals surface area contributed by atoms with E-state index in [9.17, 15) is 4.79 Å². The van der Waals surface area contributed by atoms with Crippen molar-refractivity contribution in [3.63, 3.8) is 0 Å². The maximum atomic E-state index is 12.3. The summed E-state index contributed by atoms with van der Waals surface area (Å²) in [4.78, 5) is 12.3. The van der Waals surface area contributed by atoms with Gasteiger partial charge in [-0.05, 0) is 48.2 Å². The van der Waals surface area contributed by atoms with E-state index in [1.807, 2.05) is 49.4 Å². The van der Waals surface area contributed by atoms with E-state index >= 15 is 0 Å². The highest BCUT2D eigenvalue weighted by molar-refractivity contribution is 5.78. The lowest BCUT2D eigenvalue weighted by Crippen LogP contribution is -2.31. The summed E-state index contributed by atoms with van der Waals surface area (Å²) < 4.78 is 15.8. The topological polar surface area (TPSA) is 56.8 Å². The number of hydrogen-bond donors (Lipinski definition) is 1. The number of methoxy groups -OCH3 is 3. The predicted octanol–water partition coefficient (Wildman–Crippen LogP) is 3.25. The van der Waals surface area contributed by atoms with E-state index in [4.69, 9.17) is 14.2 Å². The fraction of sp³-hybridized carbons (Fsp3) is 0.381. The molecule has 5 nitrogen and oxygen atoms in total. The van der Waals surface area contributed by atoms with Gasteiger partial charge in [0.2, 0.25) is 5.91 Å².